The third kappa shape index (κ3) is 2.96. The number of rotatable bonds is 5. The van der Waals surface area contributed by atoms with Crippen molar-refractivity contribution >= 4 is 22.7 Å². The number of nitrogens with one attached hydrogen (secondary N) is 1. The Morgan fingerprint density at radius 1 is 1.31 bits per heavy atom. The summed E-state index contributed by atoms with van der Waals surface area (Å²) in [6.45, 7) is 4.89. The van der Waals surface area contributed by atoms with Crippen molar-refractivity contribution in [3.63, 3.8) is 0 Å². The first-order valence-corrected chi connectivity index (χ1v) is 11.0. The molecule has 3 atom stereocenters. The van der Waals surface area contributed by atoms with Crippen molar-refractivity contribution in [3.8, 4) is 11.9 Å². The normalized spacial score (nSPS) is 26.0. The highest BCUT2D eigenvalue weighted by molar-refractivity contribution is 5.79. The van der Waals surface area contributed by atoms with Gasteiger partial charge in [-0.25, -0.2) is 4.98 Å². The van der Waals surface area contributed by atoms with Gasteiger partial charge >= 0.3 is 0 Å². The van der Waals surface area contributed by atoms with Crippen LogP contribution < -0.4 is 10.1 Å². The van der Waals surface area contributed by atoms with Crippen molar-refractivity contribution in [2.45, 2.75) is 31.9 Å². The van der Waals surface area contributed by atoms with Gasteiger partial charge in [-0.15, -0.1) is 5.10 Å². The minimum atomic E-state index is 0.0710. The molecule has 3 fully saturated rings. The molecule has 1 aliphatic carbocycles. The van der Waals surface area contributed by atoms with Gasteiger partial charge in [-0.2, -0.15) is 10.2 Å². The maximum absolute atomic E-state index is 9.68. The first kappa shape index (κ1) is 19.5. The maximum atomic E-state index is 9.68. The molecule has 1 spiro atoms. The second-order valence-corrected chi connectivity index (χ2v) is 9.21. The smallest absolute Gasteiger partial charge is 0.257 e. The summed E-state index contributed by atoms with van der Waals surface area (Å²) in [6.07, 6.45) is 5.86. The van der Waals surface area contributed by atoms with Gasteiger partial charge in [-0.1, -0.05) is 6.92 Å². The second-order valence-electron chi connectivity index (χ2n) is 9.21. The Morgan fingerprint density at radius 2 is 2.19 bits per heavy atom. The lowest BCUT2D eigenvalue weighted by Gasteiger charge is -2.53. The lowest BCUT2D eigenvalue weighted by atomic mass is 9.64. The Hall–Kier alpha value is -3.16. The Morgan fingerprint density at radius 3 is 2.84 bits per heavy atom. The molecule has 5 heterocycles. The molecule has 166 valence electrons. The molecule has 3 aromatic rings. The first-order chi connectivity index (χ1) is 15.6. The highest BCUT2D eigenvalue weighted by atomic mass is 16.5. The summed E-state index contributed by atoms with van der Waals surface area (Å²) in [4.78, 5) is 9.23. The molecule has 3 aromatic heterocycles. The molecule has 10 heteroatoms. The van der Waals surface area contributed by atoms with Crippen LogP contribution in [-0.2, 0) is 16.5 Å². The van der Waals surface area contributed by atoms with Gasteiger partial charge in [0.25, 0.3) is 5.88 Å². The molecule has 2 aliphatic heterocycles. The summed E-state index contributed by atoms with van der Waals surface area (Å²) in [7, 11) is 1.86. The van der Waals surface area contributed by atoms with E-state index in [4.69, 9.17) is 19.2 Å². The number of fused-ring (bicyclic) bond motifs is 1. The summed E-state index contributed by atoms with van der Waals surface area (Å²) >= 11 is 0. The number of aromatic nitrogens is 5. The van der Waals surface area contributed by atoms with Crippen molar-refractivity contribution in [2.24, 2.45) is 18.4 Å². The fourth-order valence-corrected chi connectivity index (χ4v) is 4.91. The summed E-state index contributed by atoms with van der Waals surface area (Å²) in [5.41, 5.74) is 2.15. The van der Waals surface area contributed by atoms with E-state index in [1.54, 1.807) is 10.9 Å². The van der Waals surface area contributed by atoms with Crippen LogP contribution in [0.1, 0.15) is 31.5 Å². The third-order valence-electron chi connectivity index (χ3n) is 7.01. The highest BCUT2D eigenvalue weighted by Gasteiger charge is 2.54. The third-order valence-corrected chi connectivity index (χ3v) is 7.01. The second kappa shape index (κ2) is 7.18. The standard InChI is InChI=1S/C22H25N7O3/c1-13-9-30-10-17(13)29-15(6-23)5-14-7-24-21(26-19(14)29)25-16-8-28(2)27-20(16)32-18-3-4-22(18)11-31-12-22/h5,7-8,13,17-18H,3-4,9-12H2,1-2H3,(H,24,25,26)/t13-,17-,18?/m0/s1. The number of nitrogens with zero attached hydrogens (tertiary/aromatic N) is 6. The number of ether oxygens (including phenoxy) is 3. The predicted molar refractivity (Wildman–Crippen MR) is 115 cm³/mol. The van der Waals surface area contributed by atoms with Crippen molar-refractivity contribution in [3.05, 3.63) is 24.2 Å². The van der Waals surface area contributed by atoms with Crippen LogP contribution in [0, 0.1) is 22.7 Å². The molecular formula is C22H25N7O3. The van der Waals surface area contributed by atoms with Gasteiger partial charge in [0.05, 0.1) is 44.1 Å². The summed E-state index contributed by atoms with van der Waals surface area (Å²) in [6, 6.07) is 4.20. The van der Waals surface area contributed by atoms with E-state index in [9.17, 15) is 5.26 Å². The number of hydrogen-bond acceptors (Lipinski definition) is 8. The molecule has 10 nitrogen and oxygen atoms in total. The topological polar surface area (TPSA) is 112 Å². The average Bonchev–Trinajstić information content (AvgIpc) is 3.40. The largest absolute Gasteiger partial charge is 0.471 e. The predicted octanol–water partition coefficient (Wildman–Crippen LogP) is 2.55. The zero-order valence-corrected chi connectivity index (χ0v) is 18.1. The number of nitriles is 1. The van der Waals surface area contributed by atoms with Gasteiger partial charge in [-0.3, -0.25) is 4.68 Å². The van der Waals surface area contributed by atoms with Crippen LogP contribution in [-0.4, -0.2) is 56.8 Å². The van der Waals surface area contributed by atoms with E-state index in [0.29, 0.717) is 42.3 Å². The van der Waals surface area contributed by atoms with Crippen LogP contribution >= 0.6 is 0 Å². The van der Waals surface area contributed by atoms with E-state index in [1.165, 1.54) is 0 Å². The lowest BCUT2D eigenvalue weighted by molar-refractivity contribution is -0.214. The van der Waals surface area contributed by atoms with Crippen molar-refractivity contribution < 1.29 is 14.2 Å². The van der Waals surface area contributed by atoms with Crippen LogP contribution in [0.25, 0.3) is 11.0 Å². The van der Waals surface area contributed by atoms with E-state index < -0.39 is 0 Å². The average molecular weight is 435 g/mol. The van der Waals surface area contributed by atoms with E-state index >= 15 is 0 Å². The molecule has 1 saturated carbocycles. The number of hydrogen-bond donors (Lipinski definition) is 1. The lowest BCUT2D eigenvalue weighted by Crippen LogP contribution is -2.60. The summed E-state index contributed by atoms with van der Waals surface area (Å²) < 4.78 is 21.0. The van der Waals surface area contributed by atoms with Crippen LogP contribution in [0.4, 0.5) is 11.6 Å². The van der Waals surface area contributed by atoms with Gasteiger partial charge in [0.15, 0.2) is 0 Å². The minimum Gasteiger partial charge on any atom is -0.471 e. The van der Waals surface area contributed by atoms with Crippen LogP contribution in [0.15, 0.2) is 18.5 Å². The van der Waals surface area contributed by atoms with Gasteiger partial charge < -0.3 is 24.1 Å². The fraction of sp³-hybridized carbons (Fsp3) is 0.545. The molecule has 6 rings (SSSR count). The molecule has 0 bridgehead atoms. The van der Waals surface area contributed by atoms with Crippen LogP contribution in [0.5, 0.6) is 5.88 Å². The molecule has 1 N–H and O–H groups in total. The molecule has 0 aromatic carbocycles. The van der Waals surface area contributed by atoms with Gasteiger partial charge in [0.2, 0.25) is 5.95 Å². The maximum Gasteiger partial charge on any atom is 0.257 e. The molecule has 2 saturated heterocycles. The van der Waals surface area contributed by atoms with E-state index in [1.807, 2.05) is 23.9 Å². The van der Waals surface area contributed by atoms with Gasteiger partial charge in [-0.05, 0) is 18.9 Å². The molecule has 3 aliphatic rings. The van der Waals surface area contributed by atoms with E-state index in [-0.39, 0.29) is 17.6 Å². The Labute approximate surface area is 185 Å². The molecular weight excluding hydrogens is 410 g/mol. The quantitative estimate of drug-likeness (QED) is 0.651. The van der Waals surface area contributed by atoms with Crippen LogP contribution in [0.3, 0.4) is 0 Å². The van der Waals surface area contributed by atoms with Crippen molar-refractivity contribution in [2.75, 3.05) is 31.7 Å². The van der Waals surface area contributed by atoms with Gasteiger partial charge in [0, 0.05) is 24.5 Å². The zero-order chi connectivity index (χ0) is 21.9. The van der Waals surface area contributed by atoms with E-state index in [0.717, 1.165) is 37.1 Å². The van der Waals surface area contributed by atoms with Gasteiger partial charge in [0.1, 0.15) is 29.2 Å². The molecule has 0 amide bonds. The highest BCUT2D eigenvalue weighted by Crippen LogP contribution is 2.49. The van der Waals surface area contributed by atoms with E-state index in [2.05, 4.69) is 28.4 Å². The molecule has 32 heavy (non-hydrogen) atoms. The summed E-state index contributed by atoms with van der Waals surface area (Å²) in [5.74, 6) is 1.27. The zero-order valence-electron chi connectivity index (χ0n) is 18.1. The summed E-state index contributed by atoms with van der Waals surface area (Å²) in [5, 5.41) is 18.3. The Kier molecular flexibility index (Phi) is 4.38. The van der Waals surface area contributed by atoms with Crippen molar-refractivity contribution in [1.82, 2.24) is 24.3 Å². The Bertz CT molecular complexity index is 1220. The SMILES string of the molecule is C[C@H]1COC[C@@H]1n1c(C#N)cc2cnc(Nc3cn(C)nc3OC3CCC34COC4)nc21. The molecule has 1 unspecified atom stereocenters. The fourth-order valence-electron chi connectivity index (χ4n) is 4.91. The number of aryl methyl sites for hydroxylation is 1. The monoisotopic (exact) mass is 435 g/mol. The van der Waals surface area contributed by atoms with Crippen LogP contribution in [0.2, 0.25) is 0 Å². The van der Waals surface area contributed by atoms with Crippen molar-refractivity contribution in [1.29, 1.82) is 5.26 Å². The Balaban J connectivity index is 1.31. The minimum absolute atomic E-state index is 0.0710. The first-order valence-electron chi connectivity index (χ1n) is 11.0. The molecule has 0 radical (unpaired) electrons. The number of anilines is 2.